The molecule has 1 unspecified atom stereocenters. The molecule has 1 aliphatic heterocycles. The van der Waals surface area contributed by atoms with Crippen LogP contribution in [0.3, 0.4) is 0 Å². The Bertz CT molecular complexity index is 624. The van der Waals surface area contributed by atoms with Gasteiger partial charge in [-0.05, 0) is 37.1 Å². The molecule has 1 aliphatic rings. The van der Waals surface area contributed by atoms with Crippen LogP contribution in [-0.2, 0) is 0 Å². The zero-order valence-corrected chi connectivity index (χ0v) is 11.8. The highest BCUT2D eigenvalue weighted by molar-refractivity contribution is 6.31. The Morgan fingerprint density at radius 2 is 2.00 bits per heavy atom. The van der Waals surface area contributed by atoms with Gasteiger partial charge in [-0.15, -0.1) is 0 Å². The number of anilines is 1. The highest BCUT2D eigenvalue weighted by Crippen LogP contribution is 2.39. The molecular weight excluding hydrogens is 258 g/mol. The summed E-state index contributed by atoms with van der Waals surface area (Å²) in [4.78, 5) is 0. The second kappa shape index (κ2) is 4.78. The molecule has 3 heteroatoms. The number of nitrogens with one attached hydrogen (secondary N) is 1. The van der Waals surface area contributed by atoms with Crippen LogP contribution in [0.4, 0.5) is 5.69 Å². The second-order valence-electron chi connectivity index (χ2n) is 4.97. The molecule has 1 atom stereocenters. The van der Waals surface area contributed by atoms with Crippen molar-refractivity contribution in [1.29, 1.82) is 0 Å². The maximum atomic E-state index is 6.24. The average Bonchev–Trinajstić information content (AvgIpc) is 2.39. The van der Waals surface area contributed by atoms with Gasteiger partial charge in [0.25, 0.3) is 0 Å². The smallest absolute Gasteiger partial charge is 0.146 e. The van der Waals surface area contributed by atoms with Crippen molar-refractivity contribution in [2.45, 2.75) is 20.0 Å². The monoisotopic (exact) mass is 273 g/mol. The topological polar surface area (TPSA) is 21.3 Å². The van der Waals surface area contributed by atoms with E-state index in [2.05, 4.69) is 31.3 Å². The molecule has 1 N–H and O–H groups in total. The molecular formula is C16H16ClNO. The zero-order chi connectivity index (χ0) is 13.4. The minimum Gasteiger partial charge on any atom is -0.481 e. The molecule has 0 spiro atoms. The first kappa shape index (κ1) is 12.4. The maximum Gasteiger partial charge on any atom is 0.146 e. The number of hydrogen-bond donors (Lipinski definition) is 1. The Morgan fingerprint density at radius 3 is 2.79 bits per heavy atom. The van der Waals surface area contributed by atoms with Crippen molar-refractivity contribution in [2.24, 2.45) is 0 Å². The Morgan fingerprint density at radius 1 is 1.21 bits per heavy atom. The van der Waals surface area contributed by atoms with Crippen molar-refractivity contribution in [3.8, 4) is 5.75 Å². The van der Waals surface area contributed by atoms with Crippen molar-refractivity contribution in [3.63, 3.8) is 0 Å². The average molecular weight is 274 g/mol. The molecule has 0 fully saturated rings. The minimum atomic E-state index is -0.0393. The molecule has 0 amide bonds. The van der Waals surface area contributed by atoms with E-state index in [0.717, 1.165) is 34.1 Å². The van der Waals surface area contributed by atoms with E-state index in [9.17, 15) is 0 Å². The van der Waals surface area contributed by atoms with E-state index in [4.69, 9.17) is 16.3 Å². The van der Waals surface area contributed by atoms with Crippen LogP contribution < -0.4 is 10.1 Å². The van der Waals surface area contributed by atoms with Gasteiger partial charge >= 0.3 is 0 Å². The molecule has 98 valence electrons. The lowest BCUT2D eigenvalue weighted by Gasteiger charge is -2.29. The normalized spacial score (nSPS) is 17.3. The van der Waals surface area contributed by atoms with Crippen molar-refractivity contribution < 1.29 is 4.74 Å². The lowest BCUT2D eigenvalue weighted by atomic mass is 10.0. The van der Waals surface area contributed by atoms with Crippen molar-refractivity contribution in [3.05, 3.63) is 58.1 Å². The first-order valence-electron chi connectivity index (χ1n) is 6.41. The summed E-state index contributed by atoms with van der Waals surface area (Å²) in [6, 6.07) is 12.1. The summed E-state index contributed by atoms with van der Waals surface area (Å²) in [5.74, 6) is 0.932. The molecule has 0 saturated heterocycles. The number of fused-ring (bicyclic) bond motifs is 1. The van der Waals surface area contributed by atoms with E-state index in [0.29, 0.717) is 0 Å². The fourth-order valence-electron chi connectivity index (χ4n) is 2.54. The predicted molar refractivity (Wildman–Crippen MR) is 79.2 cm³/mol. The van der Waals surface area contributed by atoms with Crippen LogP contribution in [-0.4, -0.2) is 6.54 Å². The van der Waals surface area contributed by atoms with Crippen LogP contribution in [0, 0.1) is 13.8 Å². The van der Waals surface area contributed by atoms with Crippen LogP contribution >= 0.6 is 11.6 Å². The molecule has 1 heterocycles. The van der Waals surface area contributed by atoms with Crippen molar-refractivity contribution >= 4 is 17.3 Å². The number of rotatable bonds is 1. The van der Waals surface area contributed by atoms with Crippen LogP contribution in [0.5, 0.6) is 5.75 Å². The maximum absolute atomic E-state index is 6.24. The Hall–Kier alpha value is -1.67. The quantitative estimate of drug-likeness (QED) is 0.826. The van der Waals surface area contributed by atoms with E-state index in [1.54, 1.807) is 0 Å². The van der Waals surface area contributed by atoms with E-state index in [-0.39, 0.29) is 6.10 Å². The third kappa shape index (κ3) is 2.28. The van der Waals surface area contributed by atoms with E-state index >= 15 is 0 Å². The van der Waals surface area contributed by atoms with Gasteiger partial charge in [-0.1, -0.05) is 35.9 Å². The summed E-state index contributed by atoms with van der Waals surface area (Å²) in [6.45, 7) is 4.90. The number of halogens is 1. The molecule has 0 saturated carbocycles. The molecule has 0 radical (unpaired) electrons. The summed E-state index contributed by atoms with van der Waals surface area (Å²) >= 11 is 6.24. The highest BCUT2D eigenvalue weighted by Gasteiger charge is 2.23. The first-order valence-corrected chi connectivity index (χ1v) is 6.79. The standard InChI is InChI=1S/C16H16ClNO/c1-10-7-11(2)16-14(8-10)18-9-15(19-16)12-5-3-4-6-13(12)17/h3-8,15,18H,9H2,1-2H3. The molecule has 0 aromatic heterocycles. The van der Waals surface area contributed by atoms with Crippen LogP contribution in [0.15, 0.2) is 36.4 Å². The third-order valence-electron chi connectivity index (χ3n) is 3.41. The molecule has 19 heavy (non-hydrogen) atoms. The van der Waals surface area contributed by atoms with Gasteiger partial charge in [0.15, 0.2) is 0 Å². The van der Waals surface area contributed by atoms with Gasteiger partial charge in [-0.3, -0.25) is 0 Å². The Balaban J connectivity index is 1.97. The van der Waals surface area contributed by atoms with Gasteiger partial charge in [-0.2, -0.15) is 0 Å². The first-order chi connectivity index (χ1) is 9.15. The Kier molecular flexibility index (Phi) is 3.11. The van der Waals surface area contributed by atoms with Crippen molar-refractivity contribution in [2.75, 3.05) is 11.9 Å². The third-order valence-corrected chi connectivity index (χ3v) is 3.75. The zero-order valence-electron chi connectivity index (χ0n) is 11.0. The largest absolute Gasteiger partial charge is 0.481 e. The number of benzene rings is 2. The van der Waals surface area contributed by atoms with Crippen LogP contribution in [0.2, 0.25) is 5.02 Å². The molecule has 2 nitrogen and oxygen atoms in total. The molecule has 0 aliphatic carbocycles. The van der Waals surface area contributed by atoms with Crippen LogP contribution in [0.25, 0.3) is 0 Å². The SMILES string of the molecule is Cc1cc(C)c2c(c1)NCC(c1ccccc1Cl)O2. The molecule has 3 rings (SSSR count). The summed E-state index contributed by atoms with van der Waals surface area (Å²) in [6.07, 6.45) is -0.0393. The lowest BCUT2D eigenvalue weighted by molar-refractivity contribution is 0.209. The van der Waals surface area contributed by atoms with E-state index < -0.39 is 0 Å². The van der Waals surface area contributed by atoms with Gasteiger partial charge in [0, 0.05) is 10.6 Å². The van der Waals surface area contributed by atoms with E-state index in [1.807, 2.05) is 24.3 Å². The van der Waals surface area contributed by atoms with Gasteiger partial charge in [0.2, 0.25) is 0 Å². The Labute approximate surface area is 118 Å². The number of hydrogen-bond acceptors (Lipinski definition) is 2. The fourth-order valence-corrected chi connectivity index (χ4v) is 2.80. The van der Waals surface area contributed by atoms with Gasteiger partial charge < -0.3 is 10.1 Å². The number of ether oxygens (including phenoxy) is 1. The summed E-state index contributed by atoms with van der Waals surface area (Å²) in [7, 11) is 0. The second-order valence-corrected chi connectivity index (χ2v) is 5.37. The highest BCUT2D eigenvalue weighted by atomic mass is 35.5. The summed E-state index contributed by atoms with van der Waals surface area (Å²) in [5.41, 5.74) is 4.49. The molecule has 2 aromatic rings. The van der Waals surface area contributed by atoms with Crippen molar-refractivity contribution in [1.82, 2.24) is 0 Å². The van der Waals surface area contributed by atoms with Crippen LogP contribution in [0.1, 0.15) is 22.8 Å². The van der Waals surface area contributed by atoms with Gasteiger partial charge in [0.1, 0.15) is 11.9 Å². The minimum absolute atomic E-state index is 0.0393. The van der Waals surface area contributed by atoms with E-state index in [1.165, 1.54) is 5.56 Å². The molecule has 0 bridgehead atoms. The summed E-state index contributed by atoms with van der Waals surface area (Å²) in [5, 5.41) is 4.19. The van der Waals surface area contributed by atoms with Gasteiger partial charge in [-0.25, -0.2) is 0 Å². The molecule has 2 aromatic carbocycles. The number of aryl methyl sites for hydroxylation is 2. The predicted octanol–water partition coefficient (Wildman–Crippen LogP) is 4.50. The lowest BCUT2D eigenvalue weighted by Crippen LogP contribution is -2.24. The fraction of sp³-hybridized carbons (Fsp3) is 0.250. The summed E-state index contributed by atoms with van der Waals surface area (Å²) < 4.78 is 6.14. The van der Waals surface area contributed by atoms with Gasteiger partial charge in [0.05, 0.1) is 12.2 Å².